The Morgan fingerprint density at radius 2 is 1.81 bits per heavy atom. The van der Waals surface area contributed by atoms with Crippen LogP contribution >= 0.6 is 0 Å². The van der Waals surface area contributed by atoms with E-state index in [-0.39, 0.29) is 17.2 Å². The number of amides is 1. The van der Waals surface area contributed by atoms with Gasteiger partial charge in [0.2, 0.25) is 0 Å². The van der Waals surface area contributed by atoms with Gasteiger partial charge in [0.1, 0.15) is 11.4 Å². The number of hydrogen-bond donors (Lipinski definition) is 1. The molecule has 1 heterocycles. The Bertz CT molecular complexity index is 1020. The van der Waals surface area contributed by atoms with Crippen molar-refractivity contribution in [2.24, 2.45) is 0 Å². The van der Waals surface area contributed by atoms with Crippen molar-refractivity contribution in [2.75, 3.05) is 12.4 Å². The van der Waals surface area contributed by atoms with Gasteiger partial charge in [-0.3, -0.25) is 9.59 Å². The normalized spacial score (nSPS) is 10.5. The molecule has 0 aliphatic heterocycles. The zero-order valence-electron chi connectivity index (χ0n) is 15.5. The molecule has 0 radical (unpaired) electrons. The first kappa shape index (κ1) is 18.4. The van der Waals surface area contributed by atoms with E-state index >= 15 is 0 Å². The summed E-state index contributed by atoms with van der Waals surface area (Å²) in [6.07, 6.45) is 0. The van der Waals surface area contributed by atoms with Crippen LogP contribution in [0.5, 0.6) is 5.75 Å². The summed E-state index contributed by atoms with van der Waals surface area (Å²) in [6, 6.07) is 15.8. The molecular weight excluding hydrogens is 342 g/mol. The first-order valence-corrected chi connectivity index (χ1v) is 8.56. The largest absolute Gasteiger partial charge is 0.497 e. The standard InChI is InChI=1S/C21H21N3O3/c1-14-4-5-15(2)16(12-14)13-24-20(25)11-10-19(23-24)21(26)22-17-6-8-18(27-3)9-7-17/h4-12H,13H2,1-3H3,(H,22,26). The lowest BCUT2D eigenvalue weighted by molar-refractivity contribution is 0.102. The summed E-state index contributed by atoms with van der Waals surface area (Å²) in [4.78, 5) is 24.7. The third-order valence-electron chi connectivity index (χ3n) is 4.27. The Kier molecular flexibility index (Phi) is 5.35. The lowest BCUT2D eigenvalue weighted by Gasteiger charge is -2.10. The molecule has 0 fully saturated rings. The Balaban J connectivity index is 1.82. The molecule has 138 valence electrons. The molecule has 0 saturated carbocycles. The highest BCUT2D eigenvalue weighted by Crippen LogP contribution is 2.15. The van der Waals surface area contributed by atoms with Gasteiger partial charge in [-0.25, -0.2) is 4.68 Å². The molecular formula is C21H21N3O3. The number of nitrogens with zero attached hydrogens (tertiary/aromatic N) is 2. The lowest BCUT2D eigenvalue weighted by Crippen LogP contribution is -2.26. The number of rotatable bonds is 5. The second kappa shape index (κ2) is 7.86. The highest BCUT2D eigenvalue weighted by molar-refractivity contribution is 6.02. The van der Waals surface area contributed by atoms with Crippen molar-refractivity contribution in [2.45, 2.75) is 20.4 Å². The first-order valence-electron chi connectivity index (χ1n) is 8.56. The maximum atomic E-state index is 12.5. The van der Waals surface area contributed by atoms with Crippen LogP contribution in [-0.4, -0.2) is 22.8 Å². The molecule has 1 amide bonds. The summed E-state index contributed by atoms with van der Waals surface area (Å²) in [5, 5.41) is 7.00. The van der Waals surface area contributed by atoms with E-state index in [4.69, 9.17) is 4.74 Å². The van der Waals surface area contributed by atoms with E-state index in [0.29, 0.717) is 18.0 Å². The molecule has 0 spiro atoms. The number of benzene rings is 2. The monoisotopic (exact) mass is 363 g/mol. The molecule has 6 nitrogen and oxygen atoms in total. The van der Waals surface area contributed by atoms with E-state index in [1.54, 1.807) is 31.4 Å². The van der Waals surface area contributed by atoms with Crippen molar-refractivity contribution < 1.29 is 9.53 Å². The first-order chi connectivity index (χ1) is 13.0. The van der Waals surface area contributed by atoms with Gasteiger partial charge >= 0.3 is 0 Å². The SMILES string of the molecule is COc1ccc(NC(=O)c2ccc(=O)n(Cc3cc(C)ccc3C)n2)cc1. The van der Waals surface area contributed by atoms with E-state index in [1.807, 2.05) is 32.0 Å². The molecule has 27 heavy (non-hydrogen) atoms. The molecule has 3 rings (SSSR count). The van der Waals surface area contributed by atoms with Crippen LogP contribution in [0.25, 0.3) is 0 Å². The maximum absolute atomic E-state index is 12.5. The fourth-order valence-electron chi connectivity index (χ4n) is 2.68. The van der Waals surface area contributed by atoms with Crippen LogP contribution in [0.3, 0.4) is 0 Å². The number of nitrogens with one attached hydrogen (secondary N) is 1. The van der Waals surface area contributed by atoms with Gasteiger partial charge in [0.25, 0.3) is 11.5 Å². The van der Waals surface area contributed by atoms with E-state index in [2.05, 4.69) is 10.4 Å². The second-order valence-corrected chi connectivity index (χ2v) is 6.33. The van der Waals surface area contributed by atoms with Crippen molar-refractivity contribution >= 4 is 11.6 Å². The maximum Gasteiger partial charge on any atom is 0.276 e. The predicted molar refractivity (Wildman–Crippen MR) is 104 cm³/mol. The summed E-state index contributed by atoms with van der Waals surface area (Å²) >= 11 is 0. The van der Waals surface area contributed by atoms with Gasteiger partial charge < -0.3 is 10.1 Å². The number of anilines is 1. The highest BCUT2D eigenvalue weighted by atomic mass is 16.5. The van der Waals surface area contributed by atoms with E-state index < -0.39 is 0 Å². The minimum atomic E-state index is -0.380. The Labute approximate surface area is 157 Å². The summed E-state index contributed by atoms with van der Waals surface area (Å²) in [5.41, 5.74) is 3.72. The summed E-state index contributed by atoms with van der Waals surface area (Å²) in [5.74, 6) is 0.322. The lowest BCUT2D eigenvalue weighted by atomic mass is 10.1. The number of carbonyl (C=O) groups excluding carboxylic acids is 1. The summed E-state index contributed by atoms with van der Waals surface area (Å²) < 4.78 is 6.41. The zero-order chi connectivity index (χ0) is 19.4. The zero-order valence-corrected chi connectivity index (χ0v) is 15.5. The van der Waals surface area contributed by atoms with Crippen LogP contribution < -0.4 is 15.6 Å². The van der Waals surface area contributed by atoms with Gasteiger partial charge in [0.05, 0.1) is 13.7 Å². The quantitative estimate of drug-likeness (QED) is 0.756. The smallest absolute Gasteiger partial charge is 0.276 e. The van der Waals surface area contributed by atoms with Crippen molar-refractivity contribution in [3.05, 3.63) is 87.3 Å². The Morgan fingerprint density at radius 1 is 1.07 bits per heavy atom. The average molecular weight is 363 g/mol. The molecule has 3 aromatic rings. The molecule has 0 bridgehead atoms. The number of methoxy groups -OCH3 is 1. The fraction of sp³-hybridized carbons (Fsp3) is 0.190. The molecule has 1 aromatic heterocycles. The van der Waals surface area contributed by atoms with E-state index in [9.17, 15) is 9.59 Å². The number of aryl methyl sites for hydroxylation is 2. The van der Waals surface area contributed by atoms with Gasteiger partial charge in [-0.1, -0.05) is 23.8 Å². The summed E-state index contributed by atoms with van der Waals surface area (Å²) in [7, 11) is 1.58. The fourth-order valence-corrected chi connectivity index (χ4v) is 2.68. The van der Waals surface area contributed by atoms with E-state index in [1.165, 1.54) is 16.8 Å². The van der Waals surface area contributed by atoms with E-state index in [0.717, 1.165) is 16.7 Å². The van der Waals surface area contributed by atoms with Gasteiger partial charge in [0.15, 0.2) is 0 Å². The molecule has 0 unspecified atom stereocenters. The molecule has 0 saturated heterocycles. The van der Waals surface area contributed by atoms with Crippen molar-refractivity contribution in [1.29, 1.82) is 0 Å². The number of carbonyl (C=O) groups is 1. The molecule has 0 aliphatic rings. The third-order valence-corrected chi connectivity index (χ3v) is 4.27. The van der Waals surface area contributed by atoms with Crippen LogP contribution in [0.1, 0.15) is 27.2 Å². The number of hydrogen-bond acceptors (Lipinski definition) is 4. The average Bonchev–Trinajstić information content (AvgIpc) is 2.67. The Morgan fingerprint density at radius 3 is 2.52 bits per heavy atom. The van der Waals surface area contributed by atoms with Crippen molar-refractivity contribution in [3.63, 3.8) is 0 Å². The van der Waals surface area contributed by atoms with Gasteiger partial charge in [0, 0.05) is 11.8 Å². The third kappa shape index (κ3) is 4.41. The highest BCUT2D eigenvalue weighted by Gasteiger charge is 2.11. The van der Waals surface area contributed by atoms with Gasteiger partial charge in [-0.15, -0.1) is 0 Å². The Hall–Kier alpha value is -3.41. The minimum Gasteiger partial charge on any atom is -0.497 e. The van der Waals surface area contributed by atoms with Crippen LogP contribution in [-0.2, 0) is 6.54 Å². The summed E-state index contributed by atoms with van der Waals surface area (Å²) in [6.45, 7) is 4.30. The topological polar surface area (TPSA) is 73.2 Å². The minimum absolute atomic E-state index is 0.177. The molecule has 0 aliphatic carbocycles. The molecule has 6 heteroatoms. The van der Waals surface area contributed by atoms with Gasteiger partial charge in [-0.2, -0.15) is 5.10 Å². The number of aromatic nitrogens is 2. The molecule has 0 atom stereocenters. The van der Waals surface area contributed by atoms with Crippen LogP contribution in [0, 0.1) is 13.8 Å². The van der Waals surface area contributed by atoms with Crippen molar-refractivity contribution in [3.8, 4) is 5.75 Å². The molecule has 2 aromatic carbocycles. The molecule has 1 N–H and O–H groups in total. The van der Waals surface area contributed by atoms with Crippen LogP contribution in [0.15, 0.2) is 59.4 Å². The predicted octanol–water partition coefficient (Wildman–Crippen LogP) is 3.17. The van der Waals surface area contributed by atoms with Crippen LogP contribution in [0.2, 0.25) is 0 Å². The number of ether oxygens (including phenoxy) is 1. The van der Waals surface area contributed by atoms with Crippen LogP contribution in [0.4, 0.5) is 5.69 Å². The van der Waals surface area contributed by atoms with Gasteiger partial charge in [-0.05, 0) is 55.3 Å². The second-order valence-electron chi connectivity index (χ2n) is 6.33. The van der Waals surface area contributed by atoms with Crippen molar-refractivity contribution in [1.82, 2.24) is 9.78 Å².